The fourth-order valence-electron chi connectivity index (χ4n) is 0.980. The highest BCUT2D eigenvalue weighted by molar-refractivity contribution is 7.10. The van der Waals surface area contributed by atoms with Crippen molar-refractivity contribution < 1.29 is 5.11 Å². The molecule has 0 radical (unpaired) electrons. The molecule has 1 aromatic heterocycles. The third kappa shape index (κ3) is 2.93. The summed E-state index contributed by atoms with van der Waals surface area (Å²) in [6.07, 6.45) is -0.259. The standard InChI is InChI=1S/C9H15NOS/c1-7-3-4-12-9(7)6-10-5-8(2)11/h3-4,8,10-11H,5-6H2,1-2H3/t8-/m1/s1. The molecule has 0 aliphatic rings. The van der Waals surface area contributed by atoms with Gasteiger partial charge in [0.15, 0.2) is 0 Å². The van der Waals surface area contributed by atoms with Crippen LogP contribution in [-0.2, 0) is 6.54 Å². The minimum atomic E-state index is -0.259. The zero-order valence-corrected chi connectivity index (χ0v) is 8.32. The zero-order chi connectivity index (χ0) is 8.97. The van der Waals surface area contributed by atoms with Crippen molar-refractivity contribution >= 4 is 11.3 Å². The van der Waals surface area contributed by atoms with Crippen LogP contribution in [0.4, 0.5) is 0 Å². The summed E-state index contributed by atoms with van der Waals surface area (Å²) in [6, 6.07) is 2.12. The van der Waals surface area contributed by atoms with Gasteiger partial charge in [0.2, 0.25) is 0 Å². The summed E-state index contributed by atoms with van der Waals surface area (Å²) in [7, 11) is 0. The van der Waals surface area contributed by atoms with Crippen LogP contribution in [0.2, 0.25) is 0 Å². The van der Waals surface area contributed by atoms with E-state index < -0.39 is 0 Å². The van der Waals surface area contributed by atoms with Gasteiger partial charge in [-0.15, -0.1) is 11.3 Å². The molecular formula is C9H15NOS. The highest BCUT2D eigenvalue weighted by atomic mass is 32.1. The van der Waals surface area contributed by atoms with Crippen LogP contribution in [0, 0.1) is 6.92 Å². The van der Waals surface area contributed by atoms with E-state index in [2.05, 4.69) is 23.7 Å². The lowest BCUT2D eigenvalue weighted by Crippen LogP contribution is -2.23. The van der Waals surface area contributed by atoms with Crippen LogP contribution in [0.3, 0.4) is 0 Å². The summed E-state index contributed by atoms with van der Waals surface area (Å²) in [5, 5.41) is 14.3. The fraction of sp³-hybridized carbons (Fsp3) is 0.556. The molecule has 3 heteroatoms. The van der Waals surface area contributed by atoms with Crippen molar-refractivity contribution in [1.29, 1.82) is 0 Å². The first-order valence-corrected chi connectivity index (χ1v) is 5.00. The molecule has 1 atom stereocenters. The van der Waals surface area contributed by atoms with Crippen molar-refractivity contribution in [2.45, 2.75) is 26.5 Å². The fourth-order valence-corrected chi connectivity index (χ4v) is 1.86. The zero-order valence-electron chi connectivity index (χ0n) is 7.50. The van der Waals surface area contributed by atoms with Gasteiger partial charge in [-0.25, -0.2) is 0 Å². The number of hydrogen-bond acceptors (Lipinski definition) is 3. The second-order valence-corrected chi connectivity index (χ2v) is 4.01. The van der Waals surface area contributed by atoms with E-state index in [-0.39, 0.29) is 6.10 Å². The molecule has 0 fully saturated rings. The molecule has 0 aliphatic carbocycles. The highest BCUT2D eigenvalue weighted by Gasteiger charge is 1.99. The van der Waals surface area contributed by atoms with Gasteiger partial charge >= 0.3 is 0 Å². The maximum Gasteiger partial charge on any atom is 0.0636 e. The van der Waals surface area contributed by atoms with Gasteiger partial charge in [-0.2, -0.15) is 0 Å². The molecule has 0 aliphatic heterocycles. The number of thiophene rings is 1. The van der Waals surface area contributed by atoms with Gasteiger partial charge in [0.1, 0.15) is 0 Å². The minimum Gasteiger partial charge on any atom is -0.392 e. The number of nitrogens with one attached hydrogen (secondary N) is 1. The molecule has 1 aromatic rings. The van der Waals surface area contributed by atoms with Crippen LogP contribution in [0.1, 0.15) is 17.4 Å². The van der Waals surface area contributed by atoms with Gasteiger partial charge in [-0.05, 0) is 30.9 Å². The van der Waals surface area contributed by atoms with Crippen LogP contribution in [-0.4, -0.2) is 17.8 Å². The van der Waals surface area contributed by atoms with Gasteiger partial charge in [0.05, 0.1) is 6.10 Å². The van der Waals surface area contributed by atoms with E-state index >= 15 is 0 Å². The summed E-state index contributed by atoms with van der Waals surface area (Å²) < 4.78 is 0. The summed E-state index contributed by atoms with van der Waals surface area (Å²) in [5.74, 6) is 0. The topological polar surface area (TPSA) is 32.3 Å². The second-order valence-electron chi connectivity index (χ2n) is 3.01. The number of aliphatic hydroxyl groups excluding tert-OH is 1. The van der Waals surface area contributed by atoms with Gasteiger partial charge in [0, 0.05) is 18.0 Å². The monoisotopic (exact) mass is 185 g/mol. The third-order valence-electron chi connectivity index (χ3n) is 1.69. The number of hydrogen-bond donors (Lipinski definition) is 2. The Labute approximate surface area is 77.2 Å². The van der Waals surface area contributed by atoms with Crippen LogP contribution in [0.5, 0.6) is 0 Å². The first-order valence-electron chi connectivity index (χ1n) is 4.12. The lowest BCUT2D eigenvalue weighted by Gasteiger charge is -2.05. The number of rotatable bonds is 4. The molecule has 0 saturated heterocycles. The average Bonchev–Trinajstić information content (AvgIpc) is 2.36. The Balaban J connectivity index is 2.29. The highest BCUT2D eigenvalue weighted by Crippen LogP contribution is 2.14. The molecule has 0 aromatic carbocycles. The molecule has 1 heterocycles. The minimum absolute atomic E-state index is 0.259. The molecule has 68 valence electrons. The Bertz CT molecular complexity index is 232. The molecule has 2 N–H and O–H groups in total. The Hall–Kier alpha value is -0.380. The van der Waals surface area contributed by atoms with E-state index in [1.807, 2.05) is 0 Å². The maximum atomic E-state index is 8.99. The summed E-state index contributed by atoms with van der Waals surface area (Å²) in [5.41, 5.74) is 1.33. The lowest BCUT2D eigenvalue weighted by molar-refractivity contribution is 0.191. The van der Waals surface area contributed by atoms with Crippen LogP contribution >= 0.6 is 11.3 Å². The van der Waals surface area contributed by atoms with Gasteiger partial charge in [0.25, 0.3) is 0 Å². The van der Waals surface area contributed by atoms with E-state index in [1.54, 1.807) is 18.3 Å². The van der Waals surface area contributed by atoms with Crippen molar-refractivity contribution in [3.63, 3.8) is 0 Å². The largest absolute Gasteiger partial charge is 0.392 e. The summed E-state index contributed by atoms with van der Waals surface area (Å²) in [4.78, 5) is 1.36. The van der Waals surface area contributed by atoms with E-state index in [9.17, 15) is 0 Å². The molecular weight excluding hydrogens is 170 g/mol. The molecule has 1 rings (SSSR count). The summed E-state index contributed by atoms with van der Waals surface area (Å²) in [6.45, 7) is 5.43. The maximum absolute atomic E-state index is 8.99. The van der Waals surface area contributed by atoms with Crippen molar-refractivity contribution in [2.75, 3.05) is 6.54 Å². The van der Waals surface area contributed by atoms with Gasteiger partial charge in [-0.1, -0.05) is 0 Å². The Morgan fingerprint density at radius 2 is 2.42 bits per heavy atom. The van der Waals surface area contributed by atoms with Crippen LogP contribution in [0.15, 0.2) is 11.4 Å². The van der Waals surface area contributed by atoms with Gasteiger partial charge < -0.3 is 10.4 Å². The lowest BCUT2D eigenvalue weighted by atomic mass is 10.3. The normalized spacial score (nSPS) is 13.2. The Kier molecular flexibility index (Phi) is 3.72. The first-order chi connectivity index (χ1) is 5.70. The molecule has 2 nitrogen and oxygen atoms in total. The third-order valence-corrected chi connectivity index (χ3v) is 2.72. The Morgan fingerprint density at radius 1 is 1.67 bits per heavy atom. The molecule has 12 heavy (non-hydrogen) atoms. The van der Waals surface area contributed by atoms with Gasteiger partial charge in [-0.3, -0.25) is 0 Å². The van der Waals surface area contributed by atoms with Crippen molar-refractivity contribution in [2.24, 2.45) is 0 Å². The van der Waals surface area contributed by atoms with E-state index in [1.165, 1.54) is 10.4 Å². The van der Waals surface area contributed by atoms with E-state index in [0.29, 0.717) is 6.54 Å². The van der Waals surface area contributed by atoms with Crippen molar-refractivity contribution in [3.8, 4) is 0 Å². The molecule has 0 unspecified atom stereocenters. The van der Waals surface area contributed by atoms with E-state index in [4.69, 9.17) is 5.11 Å². The quantitative estimate of drug-likeness (QED) is 0.745. The predicted molar refractivity (Wildman–Crippen MR) is 52.4 cm³/mol. The first kappa shape index (κ1) is 9.71. The van der Waals surface area contributed by atoms with Crippen LogP contribution < -0.4 is 5.32 Å². The van der Waals surface area contributed by atoms with Crippen molar-refractivity contribution in [1.82, 2.24) is 5.32 Å². The molecule has 0 spiro atoms. The molecule has 0 saturated carbocycles. The predicted octanol–water partition coefficient (Wildman–Crippen LogP) is 1.53. The van der Waals surface area contributed by atoms with E-state index in [0.717, 1.165) is 6.54 Å². The Morgan fingerprint density at radius 3 is 2.92 bits per heavy atom. The molecule has 0 bridgehead atoms. The number of aryl methyl sites for hydroxylation is 1. The average molecular weight is 185 g/mol. The van der Waals surface area contributed by atoms with Crippen LogP contribution in [0.25, 0.3) is 0 Å². The second kappa shape index (κ2) is 4.60. The summed E-state index contributed by atoms with van der Waals surface area (Å²) >= 11 is 1.76. The number of aliphatic hydroxyl groups is 1. The molecule has 0 amide bonds. The SMILES string of the molecule is Cc1ccsc1CNC[C@@H](C)O. The van der Waals surface area contributed by atoms with Crippen molar-refractivity contribution in [3.05, 3.63) is 21.9 Å². The smallest absolute Gasteiger partial charge is 0.0636 e.